The van der Waals surface area contributed by atoms with E-state index in [4.69, 9.17) is 10.5 Å². The van der Waals surface area contributed by atoms with E-state index in [9.17, 15) is 4.79 Å². The Morgan fingerprint density at radius 3 is 2.71 bits per heavy atom. The predicted molar refractivity (Wildman–Crippen MR) is 82.4 cm³/mol. The third kappa shape index (κ3) is 2.63. The zero-order valence-electron chi connectivity index (χ0n) is 12.7. The summed E-state index contributed by atoms with van der Waals surface area (Å²) in [6.07, 6.45) is 1.59. The highest BCUT2D eigenvalue weighted by molar-refractivity contribution is 6.00. The molecule has 5 nitrogen and oxygen atoms in total. The molecule has 3 rings (SSSR count). The highest BCUT2D eigenvalue weighted by atomic mass is 16.5. The Morgan fingerprint density at radius 2 is 2.05 bits per heavy atom. The number of fused-ring (bicyclic) bond motifs is 1. The number of likely N-dealkylation sites (tertiary alicyclic amines) is 1. The molecule has 1 saturated heterocycles. The number of piperidine rings is 1. The Bertz CT molecular complexity index is 538. The number of nitrogens with two attached hydrogens (primary N) is 1. The number of carbonyl (C=O) groups is 1. The summed E-state index contributed by atoms with van der Waals surface area (Å²) in [4.78, 5) is 16.8. The Labute approximate surface area is 125 Å². The SMILES string of the molecule is CC1Oc2cc(CN)ccc2N(C2CCN(C)CC2)C1=O. The summed E-state index contributed by atoms with van der Waals surface area (Å²) in [5.41, 5.74) is 7.62. The van der Waals surface area contributed by atoms with E-state index in [1.807, 2.05) is 30.0 Å². The Kier molecular flexibility index (Phi) is 3.87. The average Bonchev–Trinajstić information content (AvgIpc) is 2.49. The topological polar surface area (TPSA) is 58.8 Å². The first kappa shape index (κ1) is 14.4. The van der Waals surface area contributed by atoms with Crippen molar-refractivity contribution in [3.8, 4) is 5.75 Å². The number of benzene rings is 1. The molecule has 2 N–H and O–H groups in total. The van der Waals surface area contributed by atoms with Gasteiger partial charge in [-0.2, -0.15) is 0 Å². The molecule has 1 aromatic rings. The lowest BCUT2D eigenvalue weighted by molar-refractivity contribution is -0.126. The molecule has 0 radical (unpaired) electrons. The number of ether oxygens (including phenoxy) is 1. The van der Waals surface area contributed by atoms with Gasteiger partial charge in [-0.25, -0.2) is 0 Å². The molecule has 1 atom stereocenters. The van der Waals surface area contributed by atoms with Gasteiger partial charge < -0.3 is 20.3 Å². The van der Waals surface area contributed by atoms with Gasteiger partial charge in [-0.3, -0.25) is 4.79 Å². The number of nitrogens with zero attached hydrogens (tertiary/aromatic N) is 2. The van der Waals surface area contributed by atoms with Crippen LogP contribution in [-0.4, -0.2) is 43.1 Å². The summed E-state index contributed by atoms with van der Waals surface area (Å²) in [5.74, 6) is 0.849. The van der Waals surface area contributed by atoms with Gasteiger partial charge in [0.25, 0.3) is 5.91 Å². The summed E-state index contributed by atoms with van der Waals surface area (Å²) < 4.78 is 5.77. The van der Waals surface area contributed by atoms with E-state index in [-0.39, 0.29) is 11.9 Å². The average molecular weight is 289 g/mol. The van der Waals surface area contributed by atoms with Gasteiger partial charge >= 0.3 is 0 Å². The Balaban J connectivity index is 1.94. The van der Waals surface area contributed by atoms with Crippen molar-refractivity contribution in [1.82, 2.24) is 4.90 Å². The van der Waals surface area contributed by atoms with Gasteiger partial charge in [0, 0.05) is 12.6 Å². The van der Waals surface area contributed by atoms with Crippen LogP contribution in [0.2, 0.25) is 0 Å². The second-order valence-corrected chi connectivity index (χ2v) is 6.01. The highest BCUT2D eigenvalue weighted by Crippen LogP contribution is 2.37. The van der Waals surface area contributed by atoms with Gasteiger partial charge in [-0.05, 0) is 57.6 Å². The summed E-state index contributed by atoms with van der Waals surface area (Å²) in [5, 5.41) is 0. The molecule has 2 heterocycles. The van der Waals surface area contributed by atoms with E-state index in [2.05, 4.69) is 11.9 Å². The van der Waals surface area contributed by atoms with Crippen molar-refractivity contribution in [3.05, 3.63) is 23.8 Å². The minimum absolute atomic E-state index is 0.0672. The number of hydrogen-bond donors (Lipinski definition) is 1. The normalized spacial score (nSPS) is 23.9. The standard InChI is InChI=1S/C16H23N3O2/c1-11-16(20)19(13-5-7-18(2)8-6-13)14-4-3-12(10-17)9-15(14)21-11/h3-4,9,11,13H,5-8,10,17H2,1-2H3. The first-order chi connectivity index (χ1) is 10.1. The van der Waals surface area contributed by atoms with Crippen LogP contribution in [0.1, 0.15) is 25.3 Å². The maximum Gasteiger partial charge on any atom is 0.268 e. The zero-order chi connectivity index (χ0) is 15.0. The van der Waals surface area contributed by atoms with Crippen LogP contribution >= 0.6 is 0 Å². The highest BCUT2D eigenvalue weighted by Gasteiger charge is 2.37. The third-order valence-corrected chi connectivity index (χ3v) is 4.46. The molecule has 2 aliphatic rings. The summed E-state index contributed by atoms with van der Waals surface area (Å²) >= 11 is 0. The second-order valence-electron chi connectivity index (χ2n) is 6.01. The molecule has 0 bridgehead atoms. The molecule has 0 saturated carbocycles. The van der Waals surface area contributed by atoms with Crippen molar-refractivity contribution in [2.45, 2.75) is 38.5 Å². The minimum Gasteiger partial charge on any atom is -0.479 e. The molecule has 1 aromatic carbocycles. The van der Waals surface area contributed by atoms with Gasteiger partial charge in [0.15, 0.2) is 6.10 Å². The molecule has 1 amide bonds. The third-order valence-electron chi connectivity index (χ3n) is 4.46. The molecule has 5 heteroatoms. The molecule has 21 heavy (non-hydrogen) atoms. The smallest absolute Gasteiger partial charge is 0.268 e. The lowest BCUT2D eigenvalue weighted by Gasteiger charge is -2.41. The zero-order valence-corrected chi connectivity index (χ0v) is 12.7. The van der Waals surface area contributed by atoms with Crippen molar-refractivity contribution in [3.63, 3.8) is 0 Å². The van der Waals surface area contributed by atoms with Gasteiger partial charge in [0.1, 0.15) is 5.75 Å². The Hall–Kier alpha value is -1.59. The Morgan fingerprint density at radius 1 is 1.33 bits per heavy atom. The van der Waals surface area contributed by atoms with Crippen molar-refractivity contribution in [2.24, 2.45) is 5.73 Å². The van der Waals surface area contributed by atoms with Gasteiger partial charge in [-0.15, -0.1) is 0 Å². The molecule has 114 valence electrons. The minimum atomic E-state index is -0.426. The van der Waals surface area contributed by atoms with Gasteiger partial charge in [0.2, 0.25) is 0 Å². The fraction of sp³-hybridized carbons (Fsp3) is 0.562. The molecule has 1 unspecified atom stereocenters. The van der Waals surface area contributed by atoms with Crippen LogP contribution in [0.4, 0.5) is 5.69 Å². The van der Waals surface area contributed by atoms with Crippen LogP contribution in [0.5, 0.6) is 5.75 Å². The number of carbonyl (C=O) groups excluding carboxylic acids is 1. The molecule has 0 aliphatic carbocycles. The number of amides is 1. The van der Waals surface area contributed by atoms with Crippen molar-refractivity contribution in [2.75, 3.05) is 25.0 Å². The predicted octanol–water partition coefficient (Wildman–Crippen LogP) is 1.35. The van der Waals surface area contributed by atoms with Gasteiger partial charge in [0.05, 0.1) is 5.69 Å². The van der Waals surface area contributed by atoms with Gasteiger partial charge in [-0.1, -0.05) is 6.07 Å². The molecular weight excluding hydrogens is 266 g/mol. The summed E-state index contributed by atoms with van der Waals surface area (Å²) in [7, 11) is 2.13. The largest absolute Gasteiger partial charge is 0.479 e. The van der Waals surface area contributed by atoms with E-state index in [1.165, 1.54) is 0 Å². The molecular formula is C16H23N3O2. The van der Waals surface area contributed by atoms with Crippen LogP contribution in [0, 0.1) is 0 Å². The summed E-state index contributed by atoms with van der Waals surface area (Å²) in [6.45, 7) is 4.36. The van der Waals surface area contributed by atoms with E-state index >= 15 is 0 Å². The number of hydrogen-bond acceptors (Lipinski definition) is 4. The maximum atomic E-state index is 12.6. The number of anilines is 1. The fourth-order valence-corrected chi connectivity index (χ4v) is 3.16. The van der Waals surface area contributed by atoms with E-state index < -0.39 is 6.10 Å². The summed E-state index contributed by atoms with van der Waals surface area (Å²) in [6, 6.07) is 6.18. The molecule has 2 aliphatic heterocycles. The lowest BCUT2D eigenvalue weighted by atomic mass is 10.00. The maximum absolute atomic E-state index is 12.6. The number of rotatable bonds is 2. The van der Waals surface area contributed by atoms with E-state index in [1.54, 1.807) is 0 Å². The fourth-order valence-electron chi connectivity index (χ4n) is 3.16. The van der Waals surface area contributed by atoms with Crippen LogP contribution in [0.15, 0.2) is 18.2 Å². The lowest BCUT2D eigenvalue weighted by Crippen LogP contribution is -2.52. The second kappa shape index (κ2) is 5.66. The quantitative estimate of drug-likeness (QED) is 0.893. The first-order valence-corrected chi connectivity index (χ1v) is 7.61. The first-order valence-electron chi connectivity index (χ1n) is 7.61. The molecule has 0 spiro atoms. The van der Waals surface area contributed by atoms with Crippen LogP contribution in [0.25, 0.3) is 0 Å². The van der Waals surface area contributed by atoms with Crippen molar-refractivity contribution < 1.29 is 9.53 Å². The van der Waals surface area contributed by atoms with Crippen LogP contribution < -0.4 is 15.4 Å². The van der Waals surface area contributed by atoms with Crippen molar-refractivity contribution >= 4 is 11.6 Å². The van der Waals surface area contributed by atoms with Crippen LogP contribution in [-0.2, 0) is 11.3 Å². The van der Waals surface area contributed by atoms with E-state index in [0.717, 1.165) is 42.9 Å². The van der Waals surface area contributed by atoms with E-state index in [0.29, 0.717) is 6.54 Å². The van der Waals surface area contributed by atoms with Crippen molar-refractivity contribution in [1.29, 1.82) is 0 Å². The van der Waals surface area contributed by atoms with Crippen LogP contribution in [0.3, 0.4) is 0 Å². The molecule has 1 fully saturated rings. The molecule has 0 aromatic heterocycles. The monoisotopic (exact) mass is 289 g/mol.